The van der Waals surface area contributed by atoms with Crippen molar-refractivity contribution in [2.75, 3.05) is 77.8 Å². The predicted octanol–water partition coefficient (Wildman–Crippen LogP) is 11.0. The Morgan fingerprint density at radius 2 is 0.811 bits per heavy atom. The summed E-state index contributed by atoms with van der Waals surface area (Å²) in [5, 5.41) is 56.3. The number of methoxy groups -OCH3 is 3. The minimum Gasteiger partial charge on any atom is -0.497 e. The summed E-state index contributed by atoms with van der Waals surface area (Å²) >= 11 is 3.46. The summed E-state index contributed by atoms with van der Waals surface area (Å²) in [6, 6.07) is 49.2. The Kier molecular flexibility index (Phi) is 32.8. The Hall–Kier alpha value is -14.0. The molecule has 0 radical (unpaired) electrons. The molecule has 5 amide bonds. The van der Waals surface area contributed by atoms with Gasteiger partial charge in [0.05, 0.1) is 74.0 Å². The normalized spacial score (nSPS) is 14.8. The average molecular weight is 1860 g/mol. The maximum Gasteiger partial charge on any atom is 0.488 e. The van der Waals surface area contributed by atoms with E-state index in [1.54, 1.807) is 74.0 Å². The van der Waals surface area contributed by atoms with E-state index in [9.17, 15) is 28.8 Å². The van der Waals surface area contributed by atoms with Crippen molar-refractivity contribution in [2.45, 2.75) is 129 Å². The number of hydrogen-bond donors (Lipinski definition) is 12. The van der Waals surface area contributed by atoms with Crippen molar-refractivity contribution in [3.05, 3.63) is 268 Å². The van der Waals surface area contributed by atoms with Crippen LogP contribution in [0.25, 0.3) is 39.5 Å². The molecule has 132 heavy (non-hydrogen) atoms. The molecule has 6 aromatic heterocycles. The molecule has 0 spiro atoms. The second kappa shape index (κ2) is 44.6. The van der Waals surface area contributed by atoms with Gasteiger partial charge in [-0.1, -0.05) is 84.9 Å². The number of aromatic nitrogens is 9. The van der Waals surface area contributed by atoms with E-state index in [0.717, 1.165) is 130 Å². The SMILES string of the molecule is CC(C)(C)OC(=O)N1CCCC(c2cn3c(Br)cnc(N)c3n2)C1.COc1ccc(CNC(=O)c2cccc(-c3cnc(N)c4nc(C5CCCN(C(=O)OC(C)(C)C)C5)cn34)c2)cc1.COc1ccc(CNC(=O)c2cccc(-c3cnc(N)c4nc(C5CCCNC5)cn34)c2)cc1.COc1ccc(CNC(=O)c2cccc(B(O)O)c2)cc1.O=C(O)c1cccc(B(O)O)c1. The number of imidazole rings is 3. The van der Waals surface area contributed by atoms with Crippen LogP contribution in [0.3, 0.4) is 0 Å². The van der Waals surface area contributed by atoms with Crippen molar-refractivity contribution in [1.82, 2.24) is 74.2 Å². The number of carbonyl (C=O) groups is 6. The van der Waals surface area contributed by atoms with Gasteiger partial charge >= 0.3 is 32.4 Å². The van der Waals surface area contributed by atoms with Gasteiger partial charge in [0.25, 0.3) is 17.7 Å². The molecular formula is C95H109B2BrN18O16. The van der Waals surface area contributed by atoms with Crippen molar-refractivity contribution < 1.29 is 77.7 Å². The van der Waals surface area contributed by atoms with Crippen LogP contribution in [-0.4, -0.2) is 200 Å². The fraction of sp³-hybridized carbons (Fsp3) is 0.305. The molecule has 9 heterocycles. The molecule has 34 nitrogen and oxygen atoms in total. The van der Waals surface area contributed by atoms with Gasteiger partial charge in [-0.3, -0.25) is 27.6 Å². The lowest BCUT2D eigenvalue weighted by molar-refractivity contribution is 0.0187. The van der Waals surface area contributed by atoms with E-state index in [1.807, 2.05) is 182 Å². The highest BCUT2D eigenvalue weighted by Gasteiger charge is 2.33. The number of carbonyl (C=O) groups excluding carboxylic acids is 5. The minimum absolute atomic E-state index is 0.0403. The summed E-state index contributed by atoms with van der Waals surface area (Å²) in [4.78, 5) is 104. The Morgan fingerprint density at radius 1 is 0.462 bits per heavy atom. The molecule has 3 aliphatic heterocycles. The summed E-state index contributed by atoms with van der Waals surface area (Å²) in [6.45, 7) is 16.9. The standard InChI is InChI=1S/C31H36N6O4.C26H28N6O2.C16H22BrN5O2.C15H16BNO4.C7H7BO4/c1-31(2,3)41-30(39)36-14-6-9-23(18-36)25-19-37-26(17-33-27(32)28(37)35-25)21-7-5-8-22(15-21)29(38)34-16-20-10-12-24(40-4)13-11-20;1-34-21-9-7-17(8-10-21)13-30-26(33)19-5-2-4-18(12-19)23-15-29-24(27)25-31-22(16-32(23)25)20-6-3-11-28-14-20;1-16(2,3)24-15(23)21-6-4-5-10(8-21)11-9-22-12(17)7-19-13(18)14(22)20-11;1-21-14-7-5-11(6-8-14)10-17-15(18)12-3-2-4-13(9-12)16(19)20;9-7(10)5-2-1-3-6(4-5)8(11)12/h5,7-8,10-13,15,17,19,23H,6,9,14,16,18H2,1-4H3,(H2,32,33)(H,34,38);2,4-5,7-10,12,15-16,20,28H,3,6,11,13-14H2,1H3,(H2,27,29)(H,30,33);7,9-10H,4-6,8H2,1-3H3,(H2,18,19);2-9,19-20H,10H2,1H3,(H,17,18);1-4,11-12H,(H,9,10). The quantitative estimate of drug-likeness (QED) is 0.0315. The Morgan fingerprint density at radius 3 is 1.17 bits per heavy atom. The molecule has 7 aromatic carbocycles. The maximum absolute atomic E-state index is 13.0. The van der Waals surface area contributed by atoms with Crippen LogP contribution in [0.1, 0.15) is 173 Å². The minimum atomic E-state index is -1.62. The van der Waals surface area contributed by atoms with Gasteiger partial charge in [-0.05, 0) is 215 Å². The number of carboxylic acids is 1. The molecule has 37 heteroatoms. The molecule has 3 aliphatic rings. The average Bonchev–Trinajstić information content (AvgIpc) is 1.61. The zero-order chi connectivity index (χ0) is 94.5. The zero-order valence-corrected chi connectivity index (χ0v) is 76.5. The Balaban J connectivity index is 0.000000156. The first-order chi connectivity index (χ1) is 63.2. The highest BCUT2D eigenvalue weighted by Crippen LogP contribution is 2.35. The third kappa shape index (κ3) is 26.2. The van der Waals surface area contributed by atoms with Crippen LogP contribution in [0.15, 0.2) is 212 Å². The van der Waals surface area contributed by atoms with Gasteiger partial charge in [0, 0.05) is 117 Å². The molecule has 688 valence electrons. The fourth-order valence-electron chi connectivity index (χ4n) is 15.0. The van der Waals surface area contributed by atoms with Crippen molar-refractivity contribution in [3.8, 4) is 39.8 Å². The topological polar surface area (TPSA) is 473 Å². The first-order valence-electron chi connectivity index (χ1n) is 43.0. The molecule has 15 N–H and O–H groups in total. The van der Waals surface area contributed by atoms with Crippen LogP contribution in [0.2, 0.25) is 0 Å². The summed E-state index contributed by atoms with van der Waals surface area (Å²) in [5.41, 5.74) is 30.1. The number of ether oxygens (including phenoxy) is 5. The third-order valence-corrected chi connectivity index (χ3v) is 22.4. The lowest BCUT2D eigenvalue weighted by atomic mass is 9.79. The summed E-state index contributed by atoms with van der Waals surface area (Å²) in [7, 11) is 1.64. The fourth-order valence-corrected chi connectivity index (χ4v) is 15.3. The van der Waals surface area contributed by atoms with Gasteiger partial charge in [0.1, 0.15) is 33.1 Å². The Labute approximate surface area is 772 Å². The molecule has 16 rings (SSSR count). The molecule has 3 saturated heterocycles. The van der Waals surface area contributed by atoms with Crippen molar-refractivity contribution in [3.63, 3.8) is 0 Å². The predicted molar refractivity (Wildman–Crippen MR) is 507 cm³/mol. The summed E-state index contributed by atoms with van der Waals surface area (Å²) in [6.07, 6.45) is 16.4. The number of nitrogens with two attached hydrogens (primary N) is 3. The van der Waals surface area contributed by atoms with Crippen molar-refractivity contribution in [2.24, 2.45) is 0 Å². The highest BCUT2D eigenvalue weighted by atomic mass is 79.9. The largest absolute Gasteiger partial charge is 0.497 e. The van der Waals surface area contributed by atoms with E-state index in [2.05, 4.69) is 63.3 Å². The van der Waals surface area contributed by atoms with Crippen LogP contribution in [0.4, 0.5) is 27.0 Å². The van der Waals surface area contributed by atoms with Crippen LogP contribution in [0.5, 0.6) is 17.2 Å². The van der Waals surface area contributed by atoms with E-state index >= 15 is 0 Å². The number of nitrogens with one attached hydrogen (secondary N) is 4. The van der Waals surface area contributed by atoms with Gasteiger partial charge in [-0.25, -0.2) is 44.3 Å². The van der Waals surface area contributed by atoms with E-state index in [1.165, 1.54) is 30.3 Å². The van der Waals surface area contributed by atoms with Gasteiger partial charge in [0.15, 0.2) is 34.4 Å². The maximum atomic E-state index is 13.0. The number of benzene rings is 7. The van der Waals surface area contributed by atoms with E-state index < -0.39 is 31.4 Å². The van der Waals surface area contributed by atoms with Crippen molar-refractivity contribution >= 4 is 111 Å². The molecule has 3 atom stereocenters. The highest BCUT2D eigenvalue weighted by molar-refractivity contribution is 9.10. The van der Waals surface area contributed by atoms with E-state index in [4.69, 9.17) is 76.1 Å². The number of anilines is 3. The van der Waals surface area contributed by atoms with Crippen LogP contribution < -0.4 is 63.6 Å². The third-order valence-electron chi connectivity index (χ3n) is 21.8. The molecule has 3 fully saturated rings. The first kappa shape index (κ1) is 97.1. The van der Waals surface area contributed by atoms with Gasteiger partial charge in [0.2, 0.25) is 0 Å². The Bertz CT molecular complexity index is 6140. The van der Waals surface area contributed by atoms with Crippen LogP contribution in [0, 0.1) is 0 Å². The molecule has 3 unspecified atom stereocenters. The number of rotatable bonds is 20. The van der Waals surface area contributed by atoms with E-state index in [-0.39, 0.29) is 58.2 Å². The van der Waals surface area contributed by atoms with Crippen molar-refractivity contribution in [1.29, 1.82) is 0 Å². The van der Waals surface area contributed by atoms with Crippen LogP contribution in [-0.2, 0) is 29.1 Å². The van der Waals surface area contributed by atoms with E-state index in [0.29, 0.717) is 103 Å². The number of fused-ring (bicyclic) bond motifs is 3. The number of aromatic carboxylic acids is 1. The number of likely N-dealkylation sites (tertiary alicyclic amines) is 2. The zero-order valence-electron chi connectivity index (χ0n) is 74.9. The van der Waals surface area contributed by atoms with Gasteiger partial charge < -0.3 is 97.2 Å². The molecule has 0 saturated carbocycles. The number of nitrogen functional groups attached to an aromatic ring is 3. The number of piperidine rings is 3. The number of halogens is 1. The second-order valence-electron chi connectivity index (χ2n) is 33.7. The first-order valence-corrected chi connectivity index (χ1v) is 43.8. The number of hydrogen-bond acceptors (Lipinski definition) is 25. The monoisotopic (exact) mass is 1860 g/mol. The van der Waals surface area contributed by atoms with Gasteiger partial charge in [-0.2, -0.15) is 0 Å². The number of carboxylic acid groups (broad SMARTS) is 1. The number of amides is 5. The lowest BCUT2D eigenvalue weighted by Crippen LogP contribution is -2.42. The molecule has 0 bridgehead atoms. The second-order valence-corrected chi connectivity index (χ2v) is 34.5. The number of nitrogens with zero attached hydrogens (tertiary/aromatic N) is 11. The molecule has 0 aliphatic carbocycles. The summed E-state index contributed by atoms with van der Waals surface area (Å²) < 4.78 is 33.1. The molecule has 13 aromatic rings. The molecular weight excluding hydrogens is 1750 g/mol. The lowest BCUT2D eigenvalue weighted by Gasteiger charge is -2.33. The van der Waals surface area contributed by atoms with Gasteiger partial charge in [-0.15, -0.1) is 0 Å². The smallest absolute Gasteiger partial charge is 0.488 e. The van der Waals surface area contributed by atoms with Crippen LogP contribution >= 0.6 is 15.9 Å². The summed E-state index contributed by atoms with van der Waals surface area (Å²) in [5.74, 6) is 2.29.